The molecule has 1 aromatic rings. The molecule has 4 rings (SSSR count). The maximum atomic E-state index is 12.6. The monoisotopic (exact) mass is 346 g/mol. The maximum Gasteiger partial charge on any atom is 0.274 e. The molecular formula is C18H26N4O3. The van der Waals surface area contributed by atoms with Crippen molar-refractivity contribution in [3.8, 4) is 0 Å². The van der Waals surface area contributed by atoms with Gasteiger partial charge in [-0.3, -0.25) is 9.78 Å². The van der Waals surface area contributed by atoms with Crippen molar-refractivity contribution in [1.82, 2.24) is 14.9 Å². The van der Waals surface area contributed by atoms with Crippen LogP contribution >= 0.6 is 0 Å². The van der Waals surface area contributed by atoms with Crippen LogP contribution in [0.3, 0.4) is 0 Å². The Bertz CT molecular complexity index is 629. The minimum absolute atomic E-state index is 0.0348. The van der Waals surface area contributed by atoms with Gasteiger partial charge < -0.3 is 20.0 Å². The van der Waals surface area contributed by atoms with Crippen LogP contribution in [-0.4, -0.2) is 69.4 Å². The Morgan fingerprint density at radius 3 is 2.36 bits per heavy atom. The van der Waals surface area contributed by atoms with Crippen LogP contribution in [0.15, 0.2) is 12.4 Å². The maximum absolute atomic E-state index is 12.6. The standard InChI is InChI=1S/C18H26N4O3/c23-14-10-15(24)18(14)4-8-21(9-5-18)16-12-19-11-13(20-16)17(25)22-6-2-1-3-7-22/h11-12,14-15,23-24H,1-10H2/t14-,15+. The van der Waals surface area contributed by atoms with E-state index in [1.165, 1.54) is 6.42 Å². The molecule has 0 radical (unpaired) electrons. The van der Waals surface area contributed by atoms with E-state index in [1.807, 2.05) is 4.90 Å². The van der Waals surface area contributed by atoms with Gasteiger partial charge in [0.1, 0.15) is 11.5 Å². The first-order valence-electron chi connectivity index (χ1n) is 9.32. The third-order valence-corrected chi connectivity index (χ3v) is 6.28. The SMILES string of the molecule is O=C(c1cncc(N2CCC3(CC2)[C@H](O)C[C@@H]3O)n1)N1CCCCC1. The molecule has 1 saturated carbocycles. The summed E-state index contributed by atoms with van der Waals surface area (Å²) < 4.78 is 0. The van der Waals surface area contributed by atoms with Gasteiger partial charge in [-0.1, -0.05) is 0 Å². The molecular weight excluding hydrogens is 320 g/mol. The van der Waals surface area contributed by atoms with Crippen molar-refractivity contribution < 1.29 is 15.0 Å². The van der Waals surface area contributed by atoms with Crippen molar-refractivity contribution in [2.45, 2.75) is 50.7 Å². The Labute approximate surface area is 147 Å². The van der Waals surface area contributed by atoms with Gasteiger partial charge in [0.15, 0.2) is 0 Å². The topological polar surface area (TPSA) is 89.8 Å². The van der Waals surface area contributed by atoms with Gasteiger partial charge in [0, 0.05) is 38.0 Å². The van der Waals surface area contributed by atoms with Gasteiger partial charge in [0.25, 0.3) is 5.91 Å². The fraction of sp³-hybridized carbons (Fsp3) is 0.722. The lowest BCUT2D eigenvalue weighted by Gasteiger charge is -2.55. The molecule has 0 unspecified atom stereocenters. The first-order valence-corrected chi connectivity index (χ1v) is 9.32. The molecule has 0 bridgehead atoms. The van der Waals surface area contributed by atoms with E-state index in [9.17, 15) is 15.0 Å². The molecule has 1 spiro atoms. The molecule has 2 N–H and O–H groups in total. The average molecular weight is 346 g/mol. The predicted molar refractivity (Wildman–Crippen MR) is 92.3 cm³/mol. The van der Waals surface area contributed by atoms with Crippen molar-refractivity contribution in [3.05, 3.63) is 18.1 Å². The second-order valence-electron chi connectivity index (χ2n) is 7.60. The minimum atomic E-state index is -0.400. The lowest BCUT2D eigenvalue weighted by Crippen LogP contribution is -2.61. The first kappa shape index (κ1) is 16.7. The van der Waals surface area contributed by atoms with Crippen LogP contribution in [0.25, 0.3) is 0 Å². The van der Waals surface area contributed by atoms with Crippen LogP contribution in [0, 0.1) is 5.41 Å². The Hall–Kier alpha value is -1.73. The number of aromatic nitrogens is 2. The molecule has 0 aromatic carbocycles. The lowest BCUT2D eigenvalue weighted by atomic mass is 9.58. The summed E-state index contributed by atoms with van der Waals surface area (Å²) in [5.41, 5.74) is 0.0638. The van der Waals surface area contributed by atoms with Gasteiger partial charge in [-0.15, -0.1) is 0 Å². The van der Waals surface area contributed by atoms with E-state index in [-0.39, 0.29) is 11.3 Å². The molecule has 1 aliphatic carbocycles. The summed E-state index contributed by atoms with van der Waals surface area (Å²) in [4.78, 5) is 25.4. The molecule has 3 heterocycles. The van der Waals surface area contributed by atoms with Gasteiger partial charge in [-0.25, -0.2) is 4.98 Å². The van der Waals surface area contributed by atoms with Crippen LogP contribution in [-0.2, 0) is 0 Å². The largest absolute Gasteiger partial charge is 0.392 e. The molecule has 1 aromatic heterocycles. The fourth-order valence-corrected chi connectivity index (χ4v) is 4.43. The second kappa shape index (κ2) is 6.53. The normalized spacial score (nSPS) is 28.7. The van der Waals surface area contributed by atoms with Crippen LogP contribution in [0.5, 0.6) is 0 Å². The quantitative estimate of drug-likeness (QED) is 0.824. The zero-order valence-electron chi connectivity index (χ0n) is 14.5. The molecule has 1 amide bonds. The van der Waals surface area contributed by atoms with Crippen molar-refractivity contribution in [2.24, 2.45) is 5.41 Å². The molecule has 2 saturated heterocycles. The summed E-state index contributed by atoms with van der Waals surface area (Å²) in [5.74, 6) is 0.674. The van der Waals surface area contributed by atoms with Crippen LogP contribution < -0.4 is 4.90 Å². The zero-order chi connectivity index (χ0) is 17.4. The van der Waals surface area contributed by atoms with E-state index < -0.39 is 12.2 Å². The molecule has 136 valence electrons. The summed E-state index contributed by atoms with van der Waals surface area (Å²) in [5, 5.41) is 20.1. The summed E-state index contributed by atoms with van der Waals surface area (Å²) in [6.07, 6.45) is 7.69. The number of amides is 1. The highest BCUT2D eigenvalue weighted by molar-refractivity contribution is 5.92. The Morgan fingerprint density at radius 2 is 1.72 bits per heavy atom. The summed E-state index contributed by atoms with van der Waals surface area (Å²) in [6, 6.07) is 0. The van der Waals surface area contributed by atoms with Crippen molar-refractivity contribution in [2.75, 3.05) is 31.1 Å². The first-order chi connectivity index (χ1) is 12.1. The fourth-order valence-electron chi connectivity index (χ4n) is 4.43. The third kappa shape index (κ3) is 2.89. The van der Waals surface area contributed by atoms with Crippen molar-refractivity contribution in [3.63, 3.8) is 0 Å². The number of hydrogen-bond donors (Lipinski definition) is 2. The smallest absolute Gasteiger partial charge is 0.274 e. The summed E-state index contributed by atoms with van der Waals surface area (Å²) in [6.45, 7) is 3.02. The molecule has 2 aliphatic heterocycles. The summed E-state index contributed by atoms with van der Waals surface area (Å²) >= 11 is 0. The van der Waals surface area contributed by atoms with Gasteiger partial charge >= 0.3 is 0 Å². The van der Waals surface area contributed by atoms with Crippen molar-refractivity contribution in [1.29, 1.82) is 0 Å². The number of carbonyl (C=O) groups excluding carboxylic acids is 1. The molecule has 7 heteroatoms. The van der Waals surface area contributed by atoms with Crippen LogP contribution in [0.4, 0.5) is 5.82 Å². The number of hydrogen-bond acceptors (Lipinski definition) is 6. The molecule has 25 heavy (non-hydrogen) atoms. The highest BCUT2D eigenvalue weighted by atomic mass is 16.3. The Morgan fingerprint density at radius 1 is 1.04 bits per heavy atom. The summed E-state index contributed by atoms with van der Waals surface area (Å²) in [7, 11) is 0. The van der Waals surface area contributed by atoms with E-state index in [2.05, 4.69) is 14.9 Å². The van der Waals surface area contributed by atoms with Gasteiger partial charge in [0.2, 0.25) is 0 Å². The highest BCUT2D eigenvalue weighted by Crippen LogP contribution is 2.49. The Kier molecular flexibility index (Phi) is 4.37. The number of anilines is 1. The van der Waals surface area contributed by atoms with E-state index in [0.717, 1.165) is 38.8 Å². The minimum Gasteiger partial charge on any atom is -0.392 e. The number of rotatable bonds is 2. The third-order valence-electron chi connectivity index (χ3n) is 6.28. The van der Waals surface area contributed by atoms with E-state index in [1.54, 1.807) is 12.4 Å². The molecule has 2 atom stereocenters. The molecule has 7 nitrogen and oxygen atoms in total. The Balaban J connectivity index is 1.44. The second-order valence-corrected chi connectivity index (χ2v) is 7.60. The van der Waals surface area contributed by atoms with E-state index in [4.69, 9.17) is 0 Å². The molecule has 3 aliphatic rings. The molecule has 3 fully saturated rings. The number of likely N-dealkylation sites (tertiary alicyclic amines) is 1. The van der Waals surface area contributed by atoms with Crippen LogP contribution in [0.2, 0.25) is 0 Å². The van der Waals surface area contributed by atoms with Crippen molar-refractivity contribution >= 4 is 11.7 Å². The van der Waals surface area contributed by atoms with E-state index in [0.29, 0.717) is 31.0 Å². The van der Waals surface area contributed by atoms with Gasteiger partial charge in [0.05, 0.1) is 24.6 Å². The number of piperidine rings is 2. The number of aliphatic hydroxyl groups is 2. The lowest BCUT2D eigenvalue weighted by molar-refractivity contribution is -0.177. The van der Waals surface area contributed by atoms with E-state index >= 15 is 0 Å². The van der Waals surface area contributed by atoms with Gasteiger partial charge in [-0.2, -0.15) is 0 Å². The number of aliphatic hydroxyl groups excluding tert-OH is 2. The predicted octanol–water partition coefficient (Wildman–Crippen LogP) is 0.815. The number of nitrogens with zero attached hydrogens (tertiary/aromatic N) is 4. The zero-order valence-corrected chi connectivity index (χ0v) is 14.5. The number of carbonyl (C=O) groups is 1. The average Bonchev–Trinajstić information content (AvgIpc) is 2.68. The van der Waals surface area contributed by atoms with Crippen LogP contribution in [0.1, 0.15) is 49.0 Å². The van der Waals surface area contributed by atoms with Gasteiger partial charge in [-0.05, 0) is 32.1 Å². The highest BCUT2D eigenvalue weighted by Gasteiger charge is 2.54.